The summed E-state index contributed by atoms with van der Waals surface area (Å²) in [6.07, 6.45) is 5.33. The van der Waals surface area contributed by atoms with Crippen LogP contribution in [0.3, 0.4) is 0 Å². The van der Waals surface area contributed by atoms with Crippen LogP contribution in [0.25, 0.3) is 0 Å². The van der Waals surface area contributed by atoms with Gasteiger partial charge >= 0.3 is 0 Å². The van der Waals surface area contributed by atoms with Crippen LogP contribution >= 0.6 is 0 Å². The van der Waals surface area contributed by atoms with Gasteiger partial charge in [-0.1, -0.05) is 6.42 Å². The number of hydrogen-bond donors (Lipinski definition) is 0. The topological polar surface area (TPSA) is 50.8 Å². The molecular formula is C14H23N3. The molecule has 1 aliphatic heterocycles. The monoisotopic (exact) mass is 233 g/mol. The third-order valence-corrected chi connectivity index (χ3v) is 3.60. The zero-order chi connectivity index (χ0) is 12.7. The Morgan fingerprint density at radius 3 is 2.35 bits per heavy atom. The maximum atomic E-state index is 8.91. The van der Waals surface area contributed by atoms with Crippen molar-refractivity contribution in [2.24, 2.45) is 11.3 Å². The Hall–Kier alpha value is -1.06. The fraction of sp³-hybridized carbons (Fsp3) is 0.857. The van der Waals surface area contributed by atoms with Crippen molar-refractivity contribution >= 4 is 0 Å². The molecule has 0 N–H and O–H groups in total. The van der Waals surface area contributed by atoms with E-state index in [1.54, 1.807) is 0 Å². The Balaban J connectivity index is 2.09. The van der Waals surface area contributed by atoms with Gasteiger partial charge in [-0.2, -0.15) is 10.5 Å². The van der Waals surface area contributed by atoms with Crippen molar-refractivity contribution in [2.75, 3.05) is 19.6 Å². The minimum atomic E-state index is -0.173. The average molecular weight is 233 g/mol. The summed E-state index contributed by atoms with van der Waals surface area (Å²) < 4.78 is 0. The molecule has 0 aliphatic carbocycles. The number of unbranched alkanes of at least 4 members (excludes halogenated alkanes) is 1. The van der Waals surface area contributed by atoms with Crippen molar-refractivity contribution in [3.63, 3.8) is 0 Å². The lowest BCUT2D eigenvalue weighted by Gasteiger charge is -2.29. The first-order valence-electron chi connectivity index (χ1n) is 6.60. The Labute approximate surface area is 105 Å². The third kappa shape index (κ3) is 5.20. The van der Waals surface area contributed by atoms with Crippen molar-refractivity contribution in [1.29, 1.82) is 10.5 Å². The summed E-state index contributed by atoms with van der Waals surface area (Å²) in [7, 11) is 0. The fourth-order valence-electron chi connectivity index (χ4n) is 2.24. The van der Waals surface area contributed by atoms with Crippen molar-refractivity contribution in [2.45, 2.75) is 46.0 Å². The van der Waals surface area contributed by atoms with E-state index in [2.05, 4.69) is 17.0 Å². The van der Waals surface area contributed by atoms with Gasteiger partial charge in [0.2, 0.25) is 0 Å². The van der Waals surface area contributed by atoms with Crippen LogP contribution in [0.4, 0.5) is 0 Å². The summed E-state index contributed by atoms with van der Waals surface area (Å²) in [5, 5.41) is 17.7. The maximum Gasteiger partial charge on any atom is 0.0683 e. The lowest BCUT2D eigenvalue weighted by atomic mass is 9.89. The molecule has 3 nitrogen and oxygen atoms in total. The third-order valence-electron chi connectivity index (χ3n) is 3.60. The zero-order valence-corrected chi connectivity index (χ0v) is 11.1. The van der Waals surface area contributed by atoms with Crippen molar-refractivity contribution < 1.29 is 0 Å². The SMILES string of the molecule is CC(C)(C#N)CCCCN1CCC(C#N)CC1. The van der Waals surface area contributed by atoms with E-state index in [-0.39, 0.29) is 11.3 Å². The Morgan fingerprint density at radius 2 is 1.82 bits per heavy atom. The molecule has 1 saturated heterocycles. The second-order valence-electron chi connectivity index (χ2n) is 5.70. The molecule has 17 heavy (non-hydrogen) atoms. The molecule has 0 aromatic heterocycles. The first kappa shape index (κ1) is 14.0. The summed E-state index contributed by atoms with van der Waals surface area (Å²) in [6.45, 7) is 7.27. The molecule has 0 unspecified atom stereocenters. The molecule has 0 saturated carbocycles. The summed E-state index contributed by atoms with van der Waals surface area (Å²) in [6, 6.07) is 4.70. The molecule has 0 aromatic carbocycles. The molecule has 0 bridgehead atoms. The number of rotatable bonds is 5. The summed E-state index contributed by atoms with van der Waals surface area (Å²) in [5.74, 6) is 0.281. The largest absolute Gasteiger partial charge is 0.303 e. The van der Waals surface area contributed by atoms with E-state index in [4.69, 9.17) is 10.5 Å². The molecule has 0 radical (unpaired) electrons. The second kappa shape index (κ2) is 6.62. The minimum Gasteiger partial charge on any atom is -0.303 e. The van der Waals surface area contributed by atoms with E-state index >= 15 is 0 Å². The molecule has 3 heteroatoms. The van der Waals surface area contributed by atoms with Crippen molar-refractivity contribution in [3.8, 4) is 12.1 Å². The Kier molecular flexibility index (Phi) is 5.45. The van der Waals surface area contributed by atoms with Gasteiger partial charge < -0.3 is 4.90 Å². The number of hydrogen-bond acceptors (Lipinski definition) is 3. The van der Waals surface area contributed by atoms with Crippen LogP contribution in [0.5, 0.6) is 0 Å². The molecule has 1 rings (SSSR count). The normalized spacial score (nSPS) is 18.6. The Morgan fingerprint density at radius 1 is 1.18 bits per heavy atom. The number of piperidine rings is 1. The van der Waals surface area contributed by atoms with Gasteiger partial charge in [0.15, 0.2) is 0 Å². The van der Waals surface area contributed by atoms with E-state index in [1.807, 2.05) is 13.8 Å². The zero-order valence-electron chi connectivity index (χ0n) is 11.1. The predicted octanol–water partition coefficient (Wildman–Crippen LogP) is 2.94. The highest BCUT2D eigenvalue weighted by molar-refractivity contribution is 4.91. The highest BCUT2D eigenvalue weighted by Crippen LogP contribution is 2.22. The standard InChI is InChI=1S/C14H23N3/c1-14(2,12-16)7-3-4-8-17-9-5-13(11-15)6-10-17/h13H,3-10H2,1-2H3. The molecule has 1 fully saturated rings. The van der Waals surface area contributed by atoms with Crippen LogP contribution < -0.4 is 0 Å². The summed E-state index contributed by atoms with van der Waals surface area (Å²) in [4.78, 5) is 2.45. The van der Waals surface area contributed by atoms with Crippen LogP contribution in [0.1, 0.15) is 46.0 Å². The van der Waals surface area contributed by atoms with E-state index in [9.17, 15) is 0 Å². The molecule has 1 heterocycles. The lowest BCUT2D eigenvalue weighted by molar-refractivity contribution is 0.200. The second-order valence-corrected chi connectivity index (χ2v) is 5.70. The Bertz CT molecular complexity index is 300. The molecule has 0 amide bonds. The van der Waals surface area contributed by atoms with E-state index in [1.165, 1.54) is 6.42 Å². The number of nitriles is 2. The van der Waals surface area contributed by atoms with Gasteiger partial charge in [-0.25, -0.2) is 0 Å². The van der Waals surface area contributed by atoms with Crippen LogP contribution in [0.15, 0.2) is 0 Å². The van der Waals surface area contributed by atoms with Gasteiger partial charge in [0.1, 0.15) is 0 Å². The van der Waals surface area contributed by atoms with Gasteiger partial charge in [0, 0.05) is 5.92 Å². The fourth-order valence-corrected chi connectivity index (χ4v) is 2.24. The quantitative estimate of drug-likeness (QED) is 0.686. The highest BCUT2D eigenvalue weighted by Gasteiger charge is 2.19. The van der Waals surface area contributed by atoms with Crippen LogP contribution in [-0.2, 0) is 0 Å². The molecular weight excluding hydrogens is 210 g/mol. The van der Waals surface area contributed by atoms with Crippen molar-refractivity contribution in [1.82, 2.24) is 4.90 Å². The van der Waals surface area contributed by atoms with Crippen LogP contribution in [-0.4, -0.2) is 24.5 Å². The molecule has 94 valence electrons. The van der Waals surface area contributed by atoms with Crippen LogP contribution in [0.2, 0.25) is 0 Å². The van der Waals surface area contributed by atoms with Gasteiger partial charge in [-0.15, -0.1) is 0 Å². The highest BCUT2D eigenvalue weighted by atomic mass is 15.1. The first-order valence-corrected chi connectivity index (χ1v) is 6.60. The molecule has 0 atom stereocenters. The number of likely N-dealkylation sites (tertiary alicyclic amines) is 1. The van der Waals surface area contributed by atoms with Gasteiger partial charge in [-0.3, -0.25) is 0 Å². The molecule has 1 aliphatic rings. The minimum absolute atomic E-state index is 0.173. The van der Waals surface area contributed by atoms with E-state index in [0.717, 1.165) is 45.3 Å². The van der Waals surface area contributed by atoms with Gasteiger partial charge in [-0.05, 0) is 59.2 Å². The summed E-state index contributed by atoms with van der Waals surface area (Å²) >= 11 is 0. The molecule has 0 aromatic rings. The smallest absolute Gasteiger partial charge is 0.0683 e. The maximum absolute atomic E-state index is 8.91. The number of nitrogens with zero attached hydrogens (tertiary/aromatic N) is 3. The van der Waals surface area contributed by atoms with Crippen LogP contribution in [0, 0.1) is 34.0 Å². The van der Waals surface area contributed by atoms with Gasteiger partial charge in [0.05, 0.1) is 17.6 Å². The average Bonchev–Trinajstić information content (AvgIpc) is 2.35. The summed E-state index contributed by atoms with van der Waals surface area (Å²) in [5.41, 5.74) is -0.173. The first-order chi connectivity index (χ1) is 8.07. The van der Waals surface area contributed by atoms with E-state index < -0.39 is 0 Å². The molecule has 0 spiro atoms. The lowest BCUT2D eigenvalue weighted by Crippen LogP contribution is -2.34. The van der Waals surface area contributed by atoms with E-state index in [0.29, 0.717) is 0 Å². The van der Waals surface area contributed by atoms with Crippen molar-refractivity contribution in [3.05, 3.63) is 0 Å². The predicted molar refractivity (Wildman–Crippen MR) is 68.0 cm³/mol. The van der Waals surface area contributed by atoms with Gasteiger partial charge in [0.25, 0.3) is 0 Å².